The third-order valence-corrected chi connectivity index (χ3v) is 8.80. The van der Waals surface area contributed by atoms with E-state index in [1.165, 1.54) is 52.7 Å². The minimum atomic E-state index is -1.25. The summed E-state index contributed by atoms with van der Waals surface area (Å²) < 4.78 is 2.37. The second-order valence-electron chi connectivity index (χ2n) is 7.84. The number of carboxylic acid groups (broad SMARTS) is 1. The predicted molar refractivity (Wildman–Crippen MR) is 139 cm³/mol. The van der Waals surface area contributed by atoms with E-state index >= 15 is 0 Å². The quantitative estimate of drug-likeness (QED) is 0.0875. The average molecular weight is 607 g/mol. The Morgan fingerprint density at radius 3 is 2.90 bits per heavy atom. The molecule has 2 atom stereocenters. The fourth-order valence-electron chi connectivity index (χ4n) is 3.93. The van der Waals surface area contributed by atoms with Gasteiger partial charge in [0, 0.05) is 16.9 Å². The van der Waals surface area contributed by atoms with Crippen LogP contribution < -0.4 is 15.0 Å². The monoisotopic (exact) mass is 606 g/mol. The molecular weight excluding hydrogens is 588 g/mol. The molecule has 20 heteroatoms. The molecule has 17 nitrogen and oxygen atoms in total. The Labute approximate surface area is 235 Å². The number of amides is 3. The van der Waals surface area contributed by atoms with Crippen LogP contribution in [0.3, 0.4) is 0 Å². The van der Waals surface area contributed by atoms with Gasteiger partial charge in [0.15, 0.2) is 11.4 Å². The number of aliphatic carboxylic acids is 1. The van der Waals surface area contributed by atoms with Gasteiger partial charge in [0.25, 0.3) is 11.8 Å². The number of aromatic nitrogens is 6. The lowest BCUT2D eigenvalue weighted by Crippen LogP contribution is -2.71. The van der Waals surface area contributed by atoms with E-state index in [0.29, 0.717) is 28.4 Å². The molecule has 2 N–H and O–H groups in total. The summed E-state index contributed by atoms with van der Waals surface area (Å²) in [6.45, 7) is 0. The van der Waals surface area contributed by atoms with E-state index < -0.39 is 29.2 Å². The van der Waals surface area contributed by atoms with Crippen molar-refractivity contribution >= 4 is 70.4 Å². The number of oxime groups is 1. The summed E-state index contributed by atoms with van der Waals surface area (Å²) in [4.78, 5) is 64.3. The second-order valence-corrected chi connectivity index (χ2v) is 10.8. The molecule has 5 rings (SSSR count). The largest absolute Gasteiger partial charge is 0.477 e. The number of β-lactam (4-membered cyclic amide) rings is 1. The first-order chi connectivity index (χ1) is 19.4. The van der Waals surface area contributed by atoms with Gasteiger partial charge < -0.3 is 20.1 Å². The average Bonchev–Trinajstić information content (AvgIpc) is 3.59. The summed E-state index contributed by atoms with van der Waals surface area (Å²) >= 11 is 3.62. The van der Waals surface area contributed by atoms with Gasteiger partial charge in [-0.05, 0) is 28.1 Å². The minimum absolute atomic E-state index is 0.129. The lowest BCUT2D eigenvalue weighted by molar-refractivity contribution is -0.150. The predicted octanol–water partition coefficient (Wildman–Crippen LogP) is -1.62. The highest BCUT2D eigenvalue weighted by atomic mass is 32.2. The molecule has 3 aromatic rings. The number of tetrazole rings is 1. The molecular formula is C20H18N10O7S3. The Hall–Kier alpha value is -4.30. The maximum Gasteiger partial charge on any atom is 0.352 e. The highest BCUT2D eigenvalue weighted by molar-refractivity contribution is 8.01. The molecule has 2 aliphatic heterocycles. The van der Waals surface area contributed by atoms with Crippen molar-refractivity contribution in [1.82, 2.24) is 40.2 Å². The molecule has 0 aromatic carbocycles. The summed E-state index contributed by atoms with van der Waals surface area (Å²) in [5, 5.41) is 33.1. The lowest BCUT2D eigenvalue weighted by atomic mass is 10.0. The molecule has 2 aliphatic rings. The topological polar surface area (TPSA) is 208 Å². The number of rotatable bonds is 10. The molecule has 3 amide bonds. The Morgan fingerprint density at radius 1 is 1.35 bits per heavy atom. The van der Waals surface area contributed by atoms with Crippen LogP contribution in [0, 0.1) is 0 Å². The number of carbonyl (C=O) groups is 4. The number of hydrogen-bond acceptors (Lipinski definition) is 14. The zero-order valence-electron chi connectivity index (χ0n) is 20.5. The zero-order valence-corrected chi connectivity index (χ0v) is 23.0. The molecule has 1 fully saturated rings. The van der Waals surface area contributed by atoms with Gasteiger partial charge in [0.1, 0.15) is 42.1 Å². The molecule has 1 saturated heterocycles. The number of carbonyl (C=O) groups excluding carboxylic acids is 3. The summed E-state index contributed by atoms with van der Waals surface area (Å²) in [5.74, 6) is -2.04. The lowest BCUT2D eigenvalue weighted by Gasteiger charge is -2.49. The van der Waals surface area contributed by atoms with Gasteiger partial charge in [0.05, 0.1) is 0 Å². The fourth-order valence-corrected chi connectivity index (χ4v) is 7.07. The van der Waals surface area contributed by atoms with Crippen molar-refractivity contribution in [3.8, 4) is 0 Å². The maximum absolute atomic E-state index is 13.2. The van der Waals surface area contributed by atoms with Crippen LogP contribution in [0.15, 0.2) is 44.0 Å². The third kappa shape index (κ3) is 4.91. The molecule has 0 radical (unpaired) electrons. The van der Waals surface area contributed by atoms with Crippen molar-refractivity contribution in [3.63, 3.8) is 0 Å². The van der Waals surface area contributed by atoms with Crippen LogP contribution >= 0.6 is 34.9 Å². The third-order valence-electron chi connectivity index (χ3n) is 5.63. The number of thiazole rings is 1. The van der Waals surface area contributed by atoms with E-state index in [1.807, 2.05) is 0 Å². The number of thioether (sulfide) groups is 2. The summed E-state index contributed by atoms with van der Waals surface area (Å²) in [6.07, 6.45) is 0.323. The van der Waals surface area contributed by atoms with Gasteiger partial charge in [-0.25, -0.2) is 4.79 Å². The van der Waals surface area contributed by atoms with Crippen molar-refractivity contribution < 1.29 is 34.0 Å². The molecule has 40 heavy (non-hydrogen) atoms. The SMILES string of the molecule is CON=C(C(=O)N[C@H]1C(=O)N2C(C(=O)O)=C(CSc3ccc4nnnn4n3)CS[C@@H]12)c1csc(=NC=O)n1OC. The van der Waals surface area contributed by atoms with Crippen LogP contribution in [0.2, 0.25) is 0 Å². The number of nitrogens with one attached hydrogen (secondary N) is 1. The zero-order chi connectivity index (χ0) is 28.4. The van der Waals surface area contributed by atoms with Crippen LogP contribution in [0.4, 0.5) is 0 Å². The minimum Gasteiger partial charge on any atom is -0.477 e. The van der Waals surface area contributed by atoms with Crippen molar-refractivity contribution in [1.29, 1.82) is 0 Å². The van der Waals surface area contributed by atoms with E-state index in [-0.39, 0.29) is 27.7 Å². The molecule has 0 saturated carbocycles. The molecule has 0 unspecified atom stereocenters. The summed E-state index contributed by atoms with van der Waals surface area (Å²) in [7, 11) is 2.55. The molecule has 3 aromatic heterocycles. The van der Waals surface area contributed by atoms with Crippen molar-refractivity contribution in [3.05, 3.63) is 39.3 Å². The summed E-state index contributed by atoms with van der Waals surface area (Å²) in [6, 6.07) is 2.38. The molecule has 0 bridgehead atoms. The number of carboxylic acids is 1. The Bertz CT molecular complexity index is 1640. The Morgan fingerprint density at radius 2 is 2.17 bits per heavy atom. The molecule has 0 aliphatic carbocycles. The number of hydrogen-bond donors (Lipinski definition) is 2. The maximum atomic E-state index is 13.2. The first kappa shape index (κ1) is 27.3. The van der Waals surface area contributed by atoms with Crippen LogP contribution in [0.1, 0.15) is 5.69 Å². The standard InChI is InChI=1S/C20H18N10O7S3/c1-36-25-13(10-7-40-20(21-8-31)29(10)37-2)16(32)22-14-17(33)28-15(19(34)35)9(6-39-18(14)28)5-38-12-4-3-11-23-26-27-30(11)24-12/h3-4,7-8,14,18H,5-6H2,1-2H3,(H,22,32)(H,34,35)/t14-,18-/m0/s1. The van der Waals surface area contributed by atoms with E-state index in [9.17, 15) is 24.3 Å². The second kappa shape index (κ2) is 11.4. The highest BCUT2D eigenvalue weighted by Crippen LogP contribution is 2.41. The number of nitrogens with zero attached hydrogens (tertiary/aromatic N) is 9. The highest BCUT2D eigenvalue weighted by Gasteiger charge is 2.54. The van der Waals surface area contributed by atoms with Crippen molar-refractivity contribution in [2.75, 3.05) is 25.7 Å². The van der Waals surface area contributed by atoms with Crippen LogP contribution in [-0.2, 0) is 24.0 Å². The smallest absolute Gasteiger partial charge is 0.352 e. The van der Waals surface area contributed by atoms with Crippen LogP contribution in [-0.4, -0.2) is 107 Å². The van der Waals surface area contributed by atoms with Crippen LogP contribution in [0.5, 0.6) is 0 Å². The van der Waals surface area contributed by atoms with Gasteiger partial charge in [-0.15, -0.1) is 49.7 Å². The van der Waals surface area contributed by atoms with Gasteiger partial charge in [0.2, 0.25) is 11.2 Å². The number of fused-ring (bicyclic) bond motifs is 2. The Balaban J connectivity index is 1.33. The first-order valence-corrected chi connectivity index (χ1v) is 14.0. The molecule has 208 valence electrons. The van der Waals surface area contributed by atoms with E-state index in [0.717, 1.165) is 16.1 Å². The first-order valence-electron chi connectivity index (χ1n) is 11.1. The summed E-state index contributed by atoms with van der Waals surface area (Å²) in [5.41, 5.74) is 0.764. The van der Waals surface area contributed by atoms with Crippen LogP contribution in [0.25, 0.3) is 5.65 Å². The van der Waals surface area contributed by atoms with Crippen molar-refractivity contribution in [2.45, 2.75) is 16.4 Å². The fraction of sp³-hybridized carbons (Fsp3) is 0.300. The van der Waals surface area contributed by atoms with Gasteiger partial charge in [-0.3, -0.25) is 19.3 Å². The Kier molecular flexibility index (Phi) is 7.80. The van der Waals surface area contributed by atoms with E-state index in [1.54, 1.807) is 12.1 Å². The van der Waals surface area contributed by atoms with Crippen molar-refractivity contribution in [2.24, 2.45) is 10.1 Å². The van der Waals surface area contributed by atoms with Gasteiger partial charge in [-0.2, -0.15) is 9.72 Å². The van der Waals surface area contributed by atoms with E-state index in [4.69, 9.17) is 9.68 Å². The molecule has 0 spiro atoms. The van der Waals surface area contributed by atoms with E-state index in [2.05, 4.69) is 36.1 Å². The molecule has 5 heterocycles. The van der Waals surface area contributed by atoms with Gasteiger partial charge in [-0.1, -0.05) is 5.16 Å². The van der Waals surface area contributed by atoms with Gasteiger partial charge >= 0.3 is 5.97 Å². The normalized spacial score (nSPS) is 19.4.